The quantitative estimate of drug-likeness (QED) is 0.764. The van der Waals surface area contributed by atoms with Crippen LogP contribution < -0.4 is 5.73 Å². The van der Waals surface area contributed by atoms with Crippen molar-refractivity contribution in [2.24, 2.45) is 11.7 Å². The third kappa shape index (κ3) is 4.67. The highest BCUT2D eigenvalue weighted by Crippen LogP contribution is 2.20. The fraction of sp³-hybridized carbons (Fsp3) is 0.714. The molecular weight excluding hydrogens is 214 g/mol. The van der Waals surface area contributed by atoms with E-state index < -0.39 is 0 Å². The maximum atomic E-state index is 6.04. The lowest BCUT2D eigenvalue weighted by atomic mass is 9.99. The second-order valence-corrected chi connectivity index (χ2v) is 6.17. The summed E-state index contributed by atoms with van der Waals surface area (Å²) in [5.74, 6) is 0.610. The summed E-state index contributed by atoms with van der Waals surface area (Å²) in [4.78, 5) is 3.06. The maximum Gasteiger partial charge on any atom is 0.00620 e. The van der Waals surface area contributed by atoms with Crippen LogP contribution in [0.15, 0.2) is 12.1 Å². The molecule has 1 unspecified atom stereocenters. The summed E-state index contributed by atoms with van der Waals surface area (Å²) in [7, 11) is 0. The fourth-order valence-electron chi connectivity index (χ4n) is 1.78. The highest BCUT2D eigenvalue weighted by molar-refractivity contribution is 7.11. The second kappa shape index (κ2) is 7.08. The summed E-state index contributed by atoms with van der Waals surface area (Å²) in [5.41, 5.74) is 6.04. The Morgan fingerprint density at radius 1 is 1.19 bits per heavy atom. The van der Waals surface area contributed by atoms with Crippen LogP contribution in [0.3, 0.4) is 0 Å². The summed E-state index contributed by atoms with van der Waals surface area (Å²) in [5, 5.41) is 0. The van der Waals surface area contributed by atoms with Gasteiger partial charge in [-0.15, -0.1) is 11.3 Å². The number of thiophene rings is 1. The van der Waals surface area contributed by atoms with E-state index in [1.165, 1.54) is 35.4 Å². The lowest BCUT2D eigenvalue weighted by molar-refractivity contribution is 0.453. The van der Waals surface area contributed by atoms with Gasteiger partial charge in [-0.3, -0.25) is 0 Å². The summed E-state index contributed by atoms with van der Waals surface area (Å²) in [6.45, 7) is 6.64. The summed E-state index contributed by atoms with van der Waals surface area (Å²) >= 11 is 1.98. The smallest absolute Gasteiger partial charge is 0.00620 e. The van der Waals surface area contributed by atoms with E-state index in [0.29, 0.717) is 12.0 Å². The molecule has 0 radical (unpaired) electrons. The van der Waals surface area contributed by atoms with Crippen LogP contribution in [0.1, 0.15) is 49.8 Å². The Kier molecular flexibility index (Phi) is 6.07. The van der Waals surface area contributed by atoms with Crippen molar-refractivity contribution in [1.29, 1.82) is 0 Å². The Balaban J connectivity index is 2.26. The fourth-order valence-corrected chi connectivity index (χ4v) is 2.94. The van der Waals surface area contributed by atoms with Crippen molar-refractivity contribution < 1.29 is 0 Å². The molecule has 1 aromatic rings. The molecule has 0 aliphatic rings. The van der Waals surface area contributed by atoms with Crippen molar-refractivity contribution in [3.05, 3.63) is 21.9 Å². The largest absolute Gasteiger partial charge is 0.327 e. The average molecular weight is 239 g/mol. The molecule has 0 fully saturated rings. The molecule has 2 N–H and O–H groups in total. The first kappa shape index (κ1) is 13.7. The van der Waals surface area contributed by atoms with Crippen LogP contribution in [0.25, 0.3) is 0 Å². The SMILES string of the molecule is CCCc1ccc(CCCC(N)C(C)C)s1. The Morgan fingerprint density at radius 2 is 1.81 bits per heavy atom. The van der Waals surface area contributed by atoms with Crippen molar-refractivity contribution in [2.45, 2.75) is 58.9 Å². The van der Waals surface area contributed by atoms with Gasteiger partial charge >= 0.3 is 0 Å². The van der Waals surface area contributed by atoms with Gasteiger partial charge in [0.1, 0.15) is 0 Å². The molecule has 0 saturated carbocycles. The lowest BCUT2D eigenvalue weighted by Crippen LogP contribution is -2.26. The van der Waals surface area contributed by atoms with E-state index in [9.17, 15) is 0 Å². The summed E-state index contributed by atoms with van der Waals surface area (Å²) in [6, 6.07) is 4.94. The molecular formula is C14H25NS. The molecule has 1 aromatic heterocycles. The van der Waals surface area contributed by atoms with Crippen LogP contribution in [-0.2, 0) is 12.8 Å². The van der Waals surface area contributed by atoms with E-state index in [1.54, 1.807) is 0 Å². The zero-order valence-corrected chi connectivity index (χ0v) is 11.6. The van der Waals surface area contributed by atoms with Gasteiger partial charge in [0.25, 0.3) is 0 Å². The van der Waals surface area contributed by atoms with E-state index in [0.717, 1.165) is 6.42 Å². The molecule has 0 bridgehead atoms. The van der Waals surface area contributed by atoms with Gasteiger partial charge in [-0.25, -0.2) is 0 Å². The monoisotopic (exact) mass is 239 g/mol. The van der Waals surface area contributed by atoms with Crippen molar-refractivity contribution >= 4 is 11.3 Å². The van der Waals surface area contributed by atoms with Gasteiger partial charge in [-0.1, -0.05) is 27.2 Å². The van der Waals surface area contributed by atoms with Crippen molar-refractivity contribution in [3.63, 3.8) is 0 Å². The van der Waals surface area contributed by atoms with Gasteiger partial charge in [0.05, 0.1) is 0 Å². The third-order valence-electron chi connectivity index (χ3n) is 3.03. The van der Waals surface area contributed by atoms with Crippen LogP contribution in [0, 0.1) is 5.92 Å². The van der Waals surface area contributed by atoms with Gasteiger partial charge in [0.15, 0.2) is 0 Å². The number of aryl methyl sites for hydroxylation is 2. The Labute approximate surface area is 104 Å². The van der Waals surface area contributed by atoms with E-state index >= 15 is 0 Å². The van der Waals surface area contributed by atoms with Gasteiger partial charge in [0, 0.05) is 15.8 Å². The number of rotatable bonds is 7. The number of hydrogen-bond acceptors (Lipinski definition) is 2. The third-order valence-corrected chi connectivity index (χ3v) is 4.24. The standard InChI is InChI=1S/C14H25NS/c1-4-6-12-9-10-13(16-12)7-5-8-14(15)11(2)3/h9-11,14H,4-8,15H2,1-3H3. The minimum absolute atomic E-state index is 0.370. The lowest BCUT2D eigenvalue weighted by Gasteiger charge is -2.14. The van der Waals surface area contributed by atoms with E-state index in [2.05, 4.69) is 32.9 Å². The molecule has 0 aliphatic heterocycles. The predicted octanol–water partition coefficient (Wildman–Crippen LogP) is 4.01. The van der Waals surface area contributed by atoms with Gasteiger partial charge < -0.3 is 5.73 Å². The molecule has 1 heterocycles. The zero-order chi connectivity index (χ0) is 12.0. The Morgan fingerprint density at radius 3 is 2.38 bits per heavy atom. The van der Waals surface area contributed by atoms with Crippen molar-refractivity contribution in [2.75, 3.05) is 0 Å². The Hall–Kier alpha value is -0.340. The predicted molar refractivity (Wildman–Crippen MR) is 74.1 cm³/mol. The van der Waals surface area contributed by atoms with Gasteiger partial charge in [-0.05, 0) is 43.7 Å². The molecule has 1 rings (SSSR count). The molecule has 0 aromatic carbocycles. The Bertz CT molecular complexity index is 291. The molecule has 1 atom stereocenters. The zero-order valence-electron chi connectivity index (χ0n) is 10.8. The first-order valence-electron chi connectivity index (χ1n) is 6.46. The van der Waals surface area contributed by atoms with Crippen LogP contribution in [0.2, 0.25) is 0 Å². The van der Waals surface area contributed by atoms with Gasteiger partial charge in [0.2, 0.25) is 0 Å². The van der Waals surface area contributed by atoms with E-state index in [4.69, 9.17) is 5.73 Å². The minimum atomic E-state index is 0.370. The molecule has 16 heavy (non-hydrogen) atoms. The first-order valence-corrected chi connectivity index (χ1v) is 7.28. The summed E-state index contributed by atoms with van der Waals surface area (Å²) in [6.07, 6.45) is 6.06. The molecule has 0 saturated heterocycles. The van der Waals surface area contributed by atoms with Crippen molar-refractivity contribution in [3.8, 4) is 0 Å². The molecule has 0 spiro atoms. The topological polar surface area (TPSA) is 26.0 Å². The molecule has 1 nitrogen and oxygen atoms in total. The molecule has 92 valence electrons. The molecule has 0 aliphatic carbocycles. The molecule has 0 amide bonds. The van der Waals surface area contributed by atoms with Crippen LogP contribution >= 0.6 is 11.3 Å². The first-order chi connectivity index (χ1) is 7.63. The second-order valence-electron chi connectivity index (χ2n) is 4.92. The van der Waals surface area contributed by atoms with E-state index in [-0.39, 0.29) is 0 Å². The van der Waals surface area contributed by atoms with Crippen LogP contribution in [0.5, 0.6) is 0 Å². The minimum Gasteiger partial charge on any atom is -0.327 e. The number of hydrogen-bond donors (Lipinski definition) is 1. The maximum absolute atomic E-state index is 6.04. The molecule has 2 heteroatoms. The average Bonchev–Trinajstić information content (AvgIpc) is 2.66. The number of nitrogens with two attached hydrogens (primary N) is 1. The summed E-state index contributed by atoms with van der Waals surface area (Å²) < 4.78 is 0. The van der Waals surface area contributed by atoms with E-state index in [1.807, 2.05) is 11.3 Å². The van der Waals surface area contributed by atoms with Crippen LogP contribution in [0.4, 0.5) is 0 Å². The van der Waals surface area contributed by atoms with Crippen LogP contribution in [-0.4, -0.2) is 6.04 Å². The normalized spacial score (nSPS) is 13.3. The van der Waals surface area contributed by atoms with Crippen molar-refractivity contribution in [1.82, 2.24) is 0 Å². The highest BCUT2D eigenvalue weighted by Gasteiger charge is 2.07. The highest BCUT2D eigenvalue weighted by atomic mass is 32.1. The van der Waals surface area contributed by atoms with Gasteiger partial charge in [-0.2, -0.15) is 0 Å².